The van der Waals surface area contributed by atoms with Gasteiger partial charge in [-0.05, 0) is 13.8 Å². The van der Waals surface area contributed by atoms with E-state index >= 15 is 0 Å². The van der Waals surface area contributed by atoms with Gasteiger partial charge in [-0.2, -0.15) is 0 Å². The zero-order valence-electron chi connectivity index (χ0n) is 15.7. The number of halogens is 1. The van der Waals surface area contributed by atoms with Gasteiger partial charge in [-0.25, -0.2) is 24.0 Å². The number of nitrogens with two attached hydrogens (primary N) is 1. The number of aromatic nitrogens is 1. The van der Waals surface area contributed by atoms with E-state index in [0.717, 1.165) is 16.4 Å². The highest BCUT2D eigenvalue weighted by molar-refractivity contribution is 7.13. The number of alkyl halides is 1. The van der Waals surface area contributed by atoms with Crippen molar-refractivity contribution in [3.63, 3.8) is 0 Å². The minimum Gasteiger partial charge on any atom is -0.479 e. The van der Waals surface area contributed by atoms with Gasteiger partial charge in [-0.15, -0.1) is 11.3 Å². The van der Waals surface area contributed by atoms with E-state index in [1.165, 1.54) is 19.2 Å². The second-order valence-corrected chi connectivity index (χ2v) is 7.35. The number of carbonyl (C=O) groups is 4. The zero-order valence-corrected chi connectivity index (χ0v) is 16.5. The molecule has 1 aromatic heterocycles. The van der Waals surface area contributed by atoms with Crippen LogP contribution < -0.4 is 11.1 Å². The number of hydroxylamine groups is 2. The third-order valence-electron chi connectivity index (χ3n) is 3.94. The molecule has 1 fully saturated rings. The van der Waals surface area contributed by atoms with Crippen molar-refractivity contribution in [1.82, 2.24) is 15.4 Å². The van der Waals surface area contributed by atoms with Crippen LogP contribution in [0.5, 0.6) is 0 Å². The summed E-state index contributed by atoms with van der Waals surface area (Å²) in [5.74, 6) is -4.63. The summed E-state index contributed by atoms with van der Waals surface area (Å²) in [7, 11) is 0. The van der Waals surface area contributed by atoms with Crippen molar-refractivity contribution in [1.29, 1.82) is 0 Å². The average Bonchev–Trinajstić information content (AvgIpc) is 3.08. The van der Waals surface area contributed by atoms with Gasteiger partial charge in [0.2, 0.25) is 0 Å². The molecule has 5 N–H and O–H groups in total. The Morgan fingerprint density at radius 3 is 2.60 bits per heavy atom. The topological polar surface area (TPSA) is 194 Å². The fraction of sp³-hybridized carbons (Fsp3) is 0.467. The maximum atomic E-state index is 12.8. The molecule has 0 aromatic carbocycles. The first-order valence-electron chi connectivity index (χ1n) is 8.22. The molecule has 0 saturated carbocycles. The molecule has 2 rings (SSSR count). The Balaban J connectivity index is 2.20. The van der Waals surface area contributed by atoms with Crippen LogP contribution >= 0.6 is 11.3 Å². The predicted molar refractivity (Wildman–Crippen MR) is 98.0 cm³/mol. The van der Waals surface area contributed by atoms with Crippen molar-refractivity contribution in [2.45, 2.75) is 31.5 Å². The summed E-state index contributed by atoms with van der Waals surface area (Å²) in [6.45, 7) is 0.864. The van der Waals surface area contributed by atoms with Gasteiger partial charge >= 0.3 is 11.9 Å². The van der Waals surface area contributed by atoms with Crippen molar-refractivity contribution in [3.8, 4) is 0 Å². The van der Waals surface area contributed by atoms with E-state index in [1.807, 2.05) is 0 Å². The van der Waals surface area contributed by atoms with Gasteiger partial charge in [0.15, 0.2) is 17.5 Å². The number of thiazole rings is 1. The molecule has 2 heterocycles. The Bertz CT molecular complexity index is 888. The van der Waals surface area contributed by atoms with Crippen LogP contribution in [0.4, 0.5) is 9.52 Å². The van der Waals surface area contributed by atoms with Gasteiger partial charge in [0, 0.05) is 5.38 Å². The molecule has 0 radical (unpaired) electrons. The van der Waals surface area contributed by atoms with Gasteiger partial charge < -0.3 is 26.1 Å². The molecule has 1 saturated heterocycles. The SMILES string of the molecule is CC1(C)[C@H](NC(=O)/C(=N\OC(CF)C(=O)O)c2csc(N)n2)C(=O)N1OCC(=O)O. The molecule has 15 heteroatoms. The van der Waals surface area contributed by atoms with E-state index in [0.29, 0.717) is 0 Å². The summed E-state index contributed by atoms with van der Waals surface area (Å²) in [4.78, 5) is 59.8. The largest absolute Gasteiger partial charge is 0.479 e. The smallest absolute Gasteiger partial charge is 0.350 e. The fourth-order valence-electron chi connectivity index (χ4n) is 2.40. The van der Waals surface area contributed by atoms with Crippen LogP contribution in [-0.2, 0) is 28.9 Å². The van der Waals surface area contributed by atoms with E-state index in [2.05, 4.69) is 20.3 Å². The van der Waals surface area contributed by atoms with Crippen molar-refractivity contribution < 1.29 is 43.5 Å². The third kappa shape index (κ3) is 4.80. The Morgan fingerprint density at radius 2 is 2.13 bits per heavy atom. The highest BCUT2D eigenvalue weighted by atomic mass is 32.1. The summed E-state index contributed by atoms with van der Waals surface area (Å²) in [5.41, 5.74) is 3.80. The number of rotatable bonds is 10. The molecule has 164 valence electrons. The van der Waals surface area contributed by atoms with Gasteiger partial charge in [0.1, 0.15) is 18.4 Å². The van der Waals surface area contributed by atoms with Gasteiger partial charge in [0.05, 0.1) is 5.54 Å². The molecule has 0 spiro atoms. The number of carboxylic acid groups (broad SMARTS) is 2. The third-order valence-corrected chi connectivity index (χ3v) is 4.61. The number of nitrogens with zero attached hydrogens (tertiary/aromatic N) is 3. The number of β-lactam (4-membered cyclic amide) rings is 1. The molecule has 1 unspecified atom stereocenters. The maximum Gasteiger partial charge on any atom is 0.350 e. The molecule has 0 bridgehead atoms. The average molecular weight is 447 g/mol. The van der Waals surface area contributed by atoms with Crippen molar-refractivity contribution in [2.24, 2.45) is 5.16 Å². The fourth-order valence-corrected chi connectivity index (χ4v) is 2.95. The molecular formula is C15H18FN5O8S. The molecular weight excluding hydrogens is 429 g/mol. The second kappa shape index (κ2) is 9.00. The molecule has 0 aliphatic carbocycles. The Morgan fingerprint density at radius 1 is 1.47 bits per heavy atom. The lowest BCUT2D eigenvalue weighted by atomic mass is 9.84. The van der Waals surface area contributed by atoms with E-state index in [9.17, 15) is 23.6 Å². The second-order valence-electron chi connectivity index (χ2n) is 6.46. The van der Waals surface area contributed by atoms with E-state index in [4.69, 9.17) is 20.8 Å². The standard InChI is InChI=1S/C15H18FN5O8S/c1-15(2)10(12(25)21(15)28-4-8(22)23)19-11(24)9(6-5-30-14(17)18-6)20-29-7(3-16)13(26)27/h5,7,10H,3-4H2,1-2H3,(H2,17,18)(H,19,24)(H,22,23)(H,26,27)/b20-9-/t7?,10-/m1/s1. The van der Waals surface area contributed by atoms with Crippen LogP contribution in [0.25, 0.3) is 0 Å². The molecule has 2 atom stereocenters. The summed E-state index contributed by atoms with van der Waals surface area (Å²) >= 11 is 0.954. The van der Waals surface area contributed by atoms with E-state index < -0.39 is 60.4 Å². The van der Waals surface area contributed by atoms with Gasteiger partial charge in [0.25, 0.3) is 17.9 Å². The number of hydrogen-bond acceptors (Lipinski definition) is 10. The van der Waals surface area contributed by atoms with Crippen LogP contribution in [0.1, 0.15) is 19.5 Å². The predicted octanol–water partition coefficient (Wildman–Crippen LogP) is -1.01. The normalized spacial score (nSPS) is 19.0. The lowest BCUT2D eigenvalue weighted by Crippen LogP contribution is -2.76. The summed E-state index contributed by atoms with van der Waals surface area (Å²) in [6.07, 6.45) is -1.95. The molecule has 13 nitrogen and oxygen atoms in total. The summed E-state index contributed by atoms with van der Waals surface area (Å²) < 4.78 is 12.8. The number of nitrogen functional groups attached to an aromatic ring is 1. The number of nitrogens with one attached hydrogen (secondary N) is 1. The van der Waals surface area contributed by atoms with Crippen LogP contribution in [0.2, 0.25) is 0 Å². The number of amides is 2. The summed E-state index contributed by atoms with van der Waals surface area (Å²) in [6, 6.07) is -1.13. The van der Waals surface area contributed by atoms with Gasteiger partial charge in [-0.1, -0.05) is 5.16 Å². The Labute approximate surface area is 172 Å². The van der Waals surface area contributed by atoms with Crippen molar-refractivity contribution in [2.75, 3.05) is 19.0 Å². The molecule has 1 aliphatic rings. The quantitative estimate of drug-likeness (QED) is 0.196. The Kier molecular flexibility index (Phi) is 6.88. The number of oxime groups is 1. The number of carbonyl (C=O) groups excluding carboxylic acids is 2. The van der Waals surface area contributed by atoms with Crippen LogP contribution in [0.3, 0.4) is 0 Å². The lowest BCUT2D eigenvalue weighted by Gasteiger charge is -2.51. The van der Waals surface area contributed by atoms with E-state index in [1.54, 1.807) is 0 Å². The first-order valence-corrected chi connectivity index (χ1v) is 9.10. The lowest BCUT2D eigenvalue weighted by molar-refractivity contribution is -0.257. The minimum atomic E-state index is -1.95. The van der Waals surface area contributed by atoms with Crippen molar-refractivity contribution in [3.05, 3.63) is 11.1 Å². The Hall–Kier alpha value is -3.33. The number of aliphatic carboxylic acids is 2. The van der Waals surface area contributed by atoms with E-state index in [-0.39, 0.29) is 10.8 Å². The minimum absolute atomic E-state index is 0.0686. The zero-order chi connectivity index (χ0) is 22.6. The van der Waals surface area contributed by atoms with Crippen LogP contribution in [0, 0.1) is 0 Å². The molecule has 1 aromatic rings. The van der Waals surface area contributed by atoms with Crippen molar-refractivity contribution >= 4 is 45.9 Å². The van der Waals surface area contributed by atoms with Crippen LogP contribution in [-0.4, -0.2) is 80.7 Å². The number of anilines is 1. The molecule has 1 aliphatic heterocycles. The monoisotopic (exact) mass is 447 g/mol. The first kappa shape index (κ1) is 23.0. The molecule has 2 amide bonds. The van der Waals surface area contributed by atoms with Crippen LogP contribution in [0.15, 0.2) is 10.5 Å². The maximum absolute atomic E-state index is 12.8. The number of carboxylic acids is 2. The number of hydrogen-bond donors (Lipinski definition) is 4. The van der Waals surface area contributed by atoms with Gasteiger partial charge in [-0.3, -0.25) is 14.4 Å². The highest BCUT2D eigenvalue weighted by Crippen LogP contribution is 2.32. The summed E-state index contributed by atoms with van der Waals surface area (Å²) in [5, 5.41) is 25.5. The molecule has 30 heavy (non-hydrogen) atoms. The highest BCUT2D eigenvalue weighted by Gasteiger charge is 2.56. The first-order chi connectivity index (χ1) is 14.0.